The van der Waals surface area contributed by atoms with Crippen LogP contribution in [-0.4, -0.2) is 40.1 Å². The zero-order valence-electron chi connectivity index (χ0n) is 9.13. The molecule has 94 valence electrons. The Kier molecular flexibility index (Phi) is 4.92. The maximum Gasteiger partial charge on any atom is 0.160 e. The van der Waals surface area contributed by atoms with Crippen LogP contribution in [0.3, 0.4) is 0 Å². The predicted molar refractivity (Wildman–Crippen MR) is 64.8 cm³/mol. The zero-order valence-corrected chi connectivity index (χ0v) is 10.7. The number of aliphatic hydroxyl groups is 2. The lowest BCUT2D eigenvalue weighted by Gasteiger charge is -2.18. The van der Waals surface area contributed by atoms with Gasteiger partial charge in [0.1, 0.15) is 6.10 Å². The van der Waals surface area contributed by atoms with Crippen LogP contribution < -0.4 is 4.74 Å². The molecule has 1 aromatic carbocycles. The molecule has 0 aromatic heterocycles. The van der Waals surface area contributed by atoms with Crippen LogP contribution >= 0.6 is 15.9 Å². The van der Waals surface area contributed by atoms with Crippen molar-refractivity contribution in [2.45, 2.75) is 12.2 Å². The second-order valence-corrected chi connectivity index (χ2v) is 4.08. The van der Waals surface area contributed by atoms with E-state index in [0.29, 0.717) is 6.29 Å². The number of hydrogen-bond donors (Lipinski definition) is 3. The van der Waals surface area contributed by atoms with Crippen LogP contribution in [0.4, 0.5) is 0 Å². The van der Waals surface area contributed by atoms with Crippen molar-refractivity contribution in [1.29, 1.82) is 0 Å². The number of aliphatic hydroxyl groups excluding tert-OH is 2. The van der Waals surface area contributed by atoms with Gasteiger partial charge in [0.25, 0.3) is 0 Å². The molecule has 0 aliphatic rings. The third kappa shape index (κ3) is 2.96. The summed E-state index contributed by atoms with van der Waals surface area (Å²) in [6.07, 6.45) is -1.79. The van der Waals surface area contributed by atoms with E-state index in [1.165, 1.54) is 19.2 Å². The van der Waals surface area contributed by atoms with Crippen molar-refractivity contribution in [2.75, 3.05) is 12.4 Å². The van der Waals surface area contributed by atoms with Crippen molar-refractivity contribution in [3.63, 3.8) is 0 Å². The summed E-state index contributed by atoms with van der Waals surface area (Å²) in [7, 11) is 1.35. The molecule has 2 atom stereocenters. The lowest BCUT2D eigenvalue weighted by Crippen LogP contribution is -2.20. The molecule has 0 fully saturated rings. The monoisotopic (exact) mass is 304 g/mol. The van der Waals surface area contributed by atoms with Gasteiger partial charge in [0.05, 0.1) is 13.2 Å². The van der Waals surface area contributed by atoms with E-state index in [1.54, 1.807) is 0 Å². The molecule has 2 unspecified atom stereocenters. The molecule has 1 rings (SSSR count). The Hall–Kier alpha value is -1.11. The van der Waals surface area contributed by atoms with Crippen LogP contribution in [0, 0.1) is 0 Å². The maximum absolute atomic E-state index is 10.8. The van der Waals surface area contributed by atoms with Crippen LogP contribution in [0.1, 0.15) is 22.0 Å². The number of aromatic hydroxyl groups is 1. The van der Waals surface area contributed by atoms with Crippen molar-refractivity contribution >= 4 is 22.2 Å². The second-order valence-electron chi connectivity index (χ2n) is 3.44. The average molecular weight is 305 g/mol. The van der Waals surface area contributed by atoms with Gasteiger partial charge in [-0.25, -0.2) is 0 Å². The first kappa shape index (κ1) is 14.0. The van der Waals surface area contributed by atoms with Gasteiger partial charge in [0.2, 0.25) is 0 Å². The lowest BCUT2D eigenvalue weighted by molar-refractivity contribution is 0.0337. The summed E-state index contributed by atoms with van der Waals surface area (Å²) in [5.74, 6) is -0.0645. The van der Waals surface area contributed by atoms with E-state index in [-0.39, 0.29) is 28.0 Å². The summed E-state index contributed by atoms with van der Waals surface area (Å²) >= 11 is 3.03. The fraction of sp³-hybridized carbons (Fsp3) is 0.364. The van der Waals surface area contributed by atoms with E-state index in [9.17, 15) is 20.1 Å². The molecule has 0 bridgehead atoms. The fourth-order valence-electron chi connectivity index (χ4n) is 1.41. The number of ether oxygens (including phenoxy) is 1. The van der Waals surface area contributed by atoms with Gasteiger partial charge in [-0.1, -0.05) is 15.9 Å². The highest BCUT2D eigenvalue weighted by atomic mass is 79.9. The molecular weight excluding hydrogens is 292 g/mol. The van der Waals surface area contributed by atoms with Crippen molar-refractivity contribution < 1.29 is 24.9 Å². The standard InChI is InChI=1S/C11H13BrO5/c1-17-10-3-7(11(16)9(15)4-12)6(5-13)2-8(10)14/h2-3,5,9,11,14-16H,4H2,1H3. The first-order valence-electron chi connectivity index (χ1n) is 4.83. The van der Waals surface area contributed by atoms with Crippen LogP contribution in [0.25, 0.3) is 0 Å². The first-order chi connectivity index (χ1) is 8.04. The number of hydrogen-bond acceptors (Lipinski definition) is 5. The zero-order chi connectivity index (χ0) is 13.0. The van der Waals surface area contributed by atoms with Gasteiger partial charge in [-0.05, 0) is 17.7 Å². The molecule has 3 N–H and O–H groups in total. The van der Waals surface area contributed by atoms with E-state index in [0.717, 1.165) is 0 Å². The first-order valence-corrected chi connectivity index (χ1v) is 5.95. The number of aldehydes is 1. The molecule has 5 nitrogen and oxygen atoms in total. The molecule has 0 spiro atoms. The summed E-state index contributed by atoms with van der Waals surface area (Å²) in [5, 5.41) is 29.0. The summed E-state index contributed by atoms with van der Waals surface area (Å²) in [5.41, 5.74) is 0.317. The van der Waals surface area contributed by atoms with E-state index in [4.69, 9.17) is 4.74 Å². The maximum atomic E-state index is 10.8. The molecule has 1 aromatic rings. The summed E-state index contributed by atoms with van der Waals surface area (Å²) in [6.45, 7) is 0. The molecule has 0 heterocycles. The SMILES string of the molecule is COc1cc(C(O)C(O)CBr)c(C=O)cc1O. The third-order valence-corrected chi connectivity index (χ3v) is 3.02. The Labute approximate surface area is 107 Å². The van der Waals surface area contributed by atoms with Crippen molar-refractivity contribution in [1.82, 2.24) is 0 Å². The lowest BCUT2D eigenvalue weighted by atomic mass is 9.99. The van der Waals surface area contributed by atoms with Gasteiger partial charge in [-0.15, -0.1) is 0 Å². The van der Waals surface area contributed by atoms with E-state index in [1.807, 2.05) is 0 Å². The van der Waals surface area contributed by atoms with Gasteiger partial charge in [0, 0.05) is 10.9 Å². The highest BCUT2D eigenvalue weighted by molar-refractivity contribution is 9.09. The van der Waals surface area contributed by atoms with Crippen molar-refractivity contribution in [3.8, 4) is 11.5 Å². The molecule has 6 heteroatoms. The fourth-order valence-corrected chi connectivity index (χ4v) is 1.77. The number of phenolic OH excluding ortho intramolecular Hbond substituents is 1. The van der Waals surface area contributed by atoms with Gasteiger partial charge >= 0.3 is 0 Å². The van der Waals surface area contributed by atoms with E-state index in [2.05, 4.69) is 15.9 Å². The Morgan fingerprint density at radius 2 is 2.12 bits per heavy atom. The number of methoxy groups -OCH3 is 1. The smallest absolute Gasteiger partial charge is 0.160 e. The molecule has 17 heavy (non-hydrogen) atoms. The molecule has 0 aliphatic heterocycles. The second kappa shape index (κ2) is 6.00. The van der Waals surface area contributed by atoms with Crippen LogP contribution in [0.15, 0.2) is 12.1 Å². The van der Waals surface area contributed by atoms with E-state index < -0.39 is 12.2 Å². The van der Waals surface area contributed by atoms with Gasteiger partial charge < -0.3 is 20.1 Å². The highest BCUT2D eigenvalue weighted by Crippen LogP contribution is 2.32. The van der Waals surface area contributed by atoms with Gasteiger partial charge in [0.15, 0.2) is 17.8 Å². The summed E-state index contributed by atoms with van der Waals surface area (Å²) in [4.78, 5) is 10.8. The Balaban J connectivity index is 3.25. The number of phenols is 1. The number of carbonyl (C=O) groups excluding carboxylic acids is 1. The highest BCUT2D eigenvalue weighted by Gasteiger charge is 2.22. The molecule has 0 amide bonds. The number of alkyl halides is 1. The number of carbonyl (C=O) groups is 1. The molecule has 0 saturated carbocycles. The van der Waals surface area contributed by atoms with Gasteiger partial charge in [-0.3, -0.25) is 4.79 Å². The van der Waals surface area contributed by atoms with E-state index >= 15 is 0 Å². The minimum atomic E-state index is -1.23. The average Bonchev–Trinajstić information content (AvgIpc) is 2.36. The van der Waals surface area contributed by atoms with Crippen molar-refractivity contribution in [3.05, 3.63) is 23.3 Å². The molecule has 0 aliphatic carbocycles. The minimum Gasteiger partial charge on any atom is -0.504 e. The van der Waals surface area contributed by atoms with Gasteiger partial charge in [-0.2, -0.15) is 0 Å². The summed E-state index contributed by atoms with van der Waals surface area (Å²) in [6, 6.07) is 2.51. The number of rotatable bonds is 5. The Morgan fingerprint density at radius 1 is 1.47 bits per heavy atom. The van der Waals surface area contributed by atoms with Crippen LogP contribution in [0.5, 0.6) is 11.5 Å². The Bertz CT molecular complexity index is 407. The normalized spacial score (nSPS) is 14.1. The topological polar surface area (TPSA) is 87.0 Å². The van der Waals surface area contributed by atoms with Crippen LogP contribution in [0.2, 0.25) is 0 Å². The minimum absolute atomic E-state index is 0.107. The quantitative estimate of drug-likeness (QED) is 0.558. The molecular formula is C11H13BrO5. The number of halogens is 1. The predicted octanol–water partition coefficient (Wildman–Crippen LogP) is 1.00. The van der Waals surface area contributed by atoms with Crippen LogP contribution in [-0.2, 0) is 0 Å². The molecule has 0 radical (unpaired) electrons. The molecule has 0 saturated heterocycles. The Morgan fingerprint density at radius 3 is 2.59 bits per heavy atom. The van der Waals surface area contributed by atoms with Crippen molar-refractivity contribution in [2.24, 2.45) is 0 Å². The third-order valence-electron chi connectivity index (χ3n) is 2.35. The summed E-state index contributed by atoms with van der Waals surface area (Å²) < 4.78 is 4.88. The largest absolute Gasteiger partial charge is 0.504 e. The number of benzene rings is 1.